The molecule has 7 nitrogen and oxygen atoms in total. The number of rotatable bonds is 9. The quantitative estimate of drug-likeness (QED) is 0.347. The van der Waals surface area contributed by atoms with Crippen molar-refractivity contribution in [3.63, 3.8) is 0 Å². The van der Waals surface area contributed by atoms with Crippen molar-refractivity contribution in [1.29, 1.82) is 0 Å². The molecule has 0 saturated heterocycles. The molecule has 0 radical (unpaired) electrons. The molecule has 3 N–H and O–H groups in total. The number of guanidine groups is 1. The minimum absolute atomic E-state index is 0.278. The van der Waals surface area contributed by atoms with Gasteiger partial charge in [0.15, 0.2) is 5.96 Å². The van der Waals surface area contributed by atoms with Crippen LogP contribution >= 0.6 is 0 Å². The van der Waals surface area contributed by atoms with E-state index in [2.05, 4.69) is 20.9 Å². The van der Waals surface area contributed by atoms with Crippen LogP contribution in [0.4, 0.5) is 9.18 Å². The number of hydrogen-bond donors (Lipinski definition) is 3. The molecule has 1 aromatic carbocycles. The molecular weight excluding hydrogens is 351 g/mol. The normalized spacial score (nSPS) is 11.7. The van der Waals surface area contributed by atoms with Crippen LogP contribution in [0, 0.1) is 5.82 Å². The Kier molecular flexibility index (Phi) is 10.00. The van der Waals surface area contributed by atoms with Gasteiger partial charge in [0.05, 0.1) is 6.61 Å². The molecule has 0 fully saturated rings. The number of carbonyl (C=O) groups is 1. The Morgan fingerprint density at radius 3 is 2.22 bits per heavy atom. The summed E-state index contributed by atoms with van der Waals surface area (Å²) in [6, 6.07) is 5.96. The second kappa shape index (κ2) is 12.0. The summed E-state index contributed by atoms with van der Waals surface area (Å²) in [5.74, 6) is 1.06. The van der Waals surface area contributed by atoms with Gasteiger partial charge in [-0.25, -0.2) is 9.18 Å². The summed E-state index contributed by atoms with van der Waals surface area (Å²) in [5, 5.41) is 9.06. The van der Waals surface area contributed by atoms with E-state index in [1.165, 1.54) is 12.1 Å². The van der Waals surface area contributed by atoms with E-state index in [1.807, 2.05) is 20.8 Å². The summed E-state index contributed by atoms with van der Waals surface area (Å²) in [6.07, 6.45) is 1.11. The van der Waals surface area contributed by atoms with Crippen LogP contribution in [0.3, 0.4) is 0 Å². The van der Waals surface area contributed by atoms with Crippen molar-refractivity contribution in [3.8, 4) is 5.75 Å². The maximum absolute atomic E-state index is 12.8. The minimum Gasteiger partial charge on any atom is -0.494 e. The number of carbonyl (C=O) groups excluding carboxylic acids is 1. The first-order chi connectivity index (χ1) is 12.8. The van der Waals surface area contributed by atoms with Gasteiger partial charge in [-0.2, -0.15) is 0 Å². The molecule has 27 heavy (non-hydrogen) atoms. The number of alkyl carbamates (subject to hydrolysis) is 1. The summed E-state index contributed by atoms with van der Waals surface area (Å²) in [7, 11) is 1.70. The van der Waals surface area contributed by atoms with Crippen molar-refractivity contribution in [1.82, 2.24) is 16.0 Å². The zero-order valence-electron chi connectivity index (χ0n) is 16.6. The third-order valence-corrected chi connectivity index (χ3v) is 3.23. The van der Waals surface area contributed by atoms with Crippen LogP contribution in [0.1, 0.15) is 33.6 Å². The maximum atomic E-state index is 12.8. The number of amides is 1. The van der Waals surface area contributed by atoms with Gasteiger partial charge in [0, 0.05) is 26.7 Å². The van der Waals surface area contributed by atoms with Gasteiger partial charge in [0.25, 0.3) is 0 Å². The van der Waals surface area contributed by atoms with Gasteiger partial charge in [0.2, 0.25) is 0 Å². The van der Waals surface area contributed by atoms with E-state index in [0.29, 0.717) is 38.0 Å². The monoisotopic (exact) mass is 382 g/mol. The highest BCUT2D eigenvalue weighted by Gasteiger charge is 2.15. The predicted molar refractivity (Wildman–Crippen MR) is 105 cm³/mol. The van der Waals surface area contributed by atoms with Gasteiger partial charge >= 0.3 is 6.09 Å². The van der Waals surface area contributed by atoms with Gasteiger partial charge in [-0.1, -0.05) is 0 Å². The summed E-state index contributed by atoms with van der Waals surface area (Å²) in [6.45, 7) is 7.88. The second-order valence-electron chi connectivity index (χ2n) is 6.86. The molecule has 0 aromatic heterocycles. The number of ether oxygens (including phenoxy) is 2. The summed E-state index contributed by atoms with van der Waals surface area (Å²) in [4.78, 5) is 15.6. The number of aliphatic imine (C=N–C) groups is 1. The molecule has 0 aliphatic rings. The fourth-order valence-electron chi connectivity index (χ4n) is 2.02. The average Bonchev–Trinajstić information content (AvgIpc) is 2.59. The Hall–Kier alpha value is -2.51. The molecule has 0 bridgehead atoms. The summed E-state index contributed by atoms with van der Waals surface area (Å²) >= 11 is 0. The number of nitrogens with zero attached hydrogens (tertiary/aromatic N) is 1. The fraction of sp³-hybridized carbons (Fsp3) is 0.579. The highest BCUT2D eigenvalue weighted by molar-refractivity contribution is 5.79. The maximum Gasteiger partial charge on any atom is 0.407 e. The molecule has 0 saturated carbocycles. The molecule has 8 heteroatoms. The Bertz CT molecular complexity index is 586. The summed E-state index contributed by atoms with van der Waals surface area (Å²) < 4.78 is 23.5. The number of benzene rings is 1. The molecule has 0 heterocycles. The van der Waals surface area contributed by atoms with E-state index >= 15 is 0 Å². The predicted octanol–water partition coefficient (Wildman–Crippen LogP) is 2.67. The highest BCUT2D eigenvalue weighted by atomic mass is 19.1. The van der Waals surface area contributed by atoms with Crippen molar-refractivity contribution in [2.24, 2.45) is 4.99 Å². The molecule has 1 rings (SSSR count). The van der Waals surface area contributed by atoms with E-state index in [0.717, 1.165) is 12.8 Å². The Morgan fingerprint density at radius 1 is 1.04 bits per heavy atom. The molecular formula is C19H31FN4O3. The number of hydrogen-bond acceptors (Lipinski definition) is 4. The third-order valence-electron chi connectivity index (χ3n) is 3.23. The van der Waals surface area contributed by atoms with Gasteiger partial charge in [-0.3, -0.25) is 4.99 Å². The Labute approximate surface area is 160 Å². The van der Waals surface area contributed by atoms with Gasteiger partial charge in [-0.15, -0.1) is 0 Å². The molecule has 1 aromatic rings. The standard InChI is InChI=1S/C19H31FN4O3/c1-19(2,3)27-18(25)24-12-5-11-22-17(21-4)23-13-6-14-26-16-9-7-15(20)8-10-16/h7-10H,5-6,11-14H2,1-4H3,(H,24,25)(H2,21,22,23). The first kappa shape index (κ1) is 22.5. The van der Waals surface area contributed by atoms with Gasteiger partial charge in [-0.05, 0) is 57.9 Å². The second-order valence-corrected chi connectivity index (χ2v) is 6.86. The zero-order valence-corrected chi connectivity index (χ0v) is 16.6. The van der Waals surface area contributed by atoms with E-state index in [1.54, 1.807) is 19.2 Å². The molecule has 0 aliphatic carbocycles. The van der Waals surface area contributed by atoms with Gasteiger partial charge in [0.1, 0.15) is 17.2 Å². The van der Waals surface area contributed by atoms with Crippen molar-refractivity contribution in [2.45, 2.75) is 39.2 Å². The molecule has 152 valence electrons. The first-order valence-corrected chi connectivity index (χ1v) is 9.10. The lowest BCUT2D eigenvalue weighted by Gasteiger charge is -2.19. The van der Waals surface area contributed by atoms with Crippen molar-refractivity contribution < 1.29 is 18.7 Å². The van der Waals surface area contributed by atoms with Crippen LogP contribution in [-0.4, -0.2) is 50.9 Å². The lowest BCUT2D eigenvalue weighted by molar-refractivity contribution is 0.0527. The van der Waals surface area contributed by atoms with Crippen LogP contribution in [0.15, 0.2) is 29.3 Å². The lowest BCUT2D eigenvalue weighted by atomic mass is 10.2. The van der Waals surface area contributed by atoms with Gasteiger partial charge < -0.3 is 25.4 Å². The van der Waals surface area contributed by atoms with E-state index in [-0.39, 0.29) is 5.82 Å². The van der Waals surface area contributed by atoms with Crippen molar-refractivity contribution in [2.75, 3.05) is 33.3 Å². The van der Waals surface area contributed by atoms with E-state index in [9.17, 15) is 9.18 Å². The van der Waals surface area contributed by atoms with Crippen molar-refractivity contribution in [3.05, 3.63) is 30.1 Å². The van der Waals surface area contributed by atoms with Crippen LogP contribution < -0.4 is 20.7 Å². The Morgan fingerprint density at radius 2 is 1.63 bits per heavy atom. The zero-order chi connectivity index (χ0) is 20.1. The molecule has 0 unspecified atom stereocenters. The third kappa shape index (κ3) is 11.7. The first-order valence-electron chi connectivity index (χ1n) is 9.10. The van der Waals surface area contributed by atoms with Crippen LogP contribution in [0.2, 0.25) is 0 Å². The van der Waals surface area contributed by atoms with Crippen LogP contribution in [0.5, 0.6) is 5.75 Å². The van der Waals surface area contributed by atoms with Crippen LogP contribution in [0.25, 0.3) is 0 Å². The van der Waals surface area contributed by atoms with E-state index < -0.39 is 11.7 Å². The van der Waals surface area contributed by atoms with E-state index in [4.69, 9.17) is 9.47 Å². The average molecular weight is 382 g/mol. The molecule has 0 spiro atoms. The number of halogens is 1. The highest BCUT2D eigenvalue weighted by Crippen LogP contribution is 2.10. The SMILES string of the molecule is CN=C(NCCCNC(=O)OC(C)(C)C)NCCCOc1ccc(F)cc1. The summed E-state index contributed by atoms with van der Waals surface area (Å²) in [5.41, 5.74) is -0.491. The molecule has 1 amide bonds. The molecule has 0 aliphatic heterocycles. The van der Waals surface area contributed by atoms with Crippen molar-refractivity contribution >= 4 is 12.1 Å². The largest absolute Gasteiger partial charge is 0.494 e. The smallest absolute Gasteiger partial charge is 0.407 e. The molecule has 0 atom stereocenters. The fourth-order valence-corrected chi connectivity index (χ4v) is 2.02. The topological polar surface area (TPSA) is 84.0 Å². The number of nitrogens with one attached hydrogen (secondary N) is 3. The Balaban J connectivity index is 2.06. The minimum atomic E-state index is -0.491. The lowest BCUT2D eigenvalue weighted by Crippen LogP contribution is -2.39. The van der Waals surface area contributed by atoms with Crippen LogP contribution in [-0.2, 0) is 4.74 Å².